The monoisotopic (exact) mass is 296 g/mol. The zero-order valence-corrected chi connectivity index (χ0v) is 12.7. The van der Waals surface area contributed by atoms with Gasteiger partial charge < -0.3 is 5.32 Å². The maximum Gasteiger partial charge on any atom is 0.175 e. The van der Waals surface area contributed by atoms with E-state index >= 15 is 0 Å². The molecule has 1 aromatic carbocycles. The Hall–Kier alpha value is -1.24. The lowest BCUT2D eigenvalue weighted by Gasteiger charge is -2.04. The van der Waals surface area contributed by atoms with Gasteiger partial charge in [0.1, 0.15) is 5.01 Å². The number of hydrogen-bond acceptors (Lipinski definition) is 5. The summed E-state index contributed by atoms with van der Waals surface area (Å²) < 4.78 is 22.8. The van der Waals surface area contributed by atoms with Gasteiger partial charge in [0.05, 0.1) is 16.6 Å². The predicted octanol–water partition coefficient (Wildman–Crippen LogP) is 2.49. The molecule has 0 amide bonds. The smallest absolute Gasteiger partial charge is 0.175 e. The Morgan fingerprint density at radius 2 is 1.89 bits per heavy atom. The molecule has 0 aliphatic carbocycles. The highest BCUT2D eigenvalue weighted by molar-refractivity contribution is 7.90. The van der Waals surface area contributed by atoms with Crippen LogP contribution in [0, 0.1) is 0 Å². The molecule has 1 aromatic heterocycles. The van der Waals surface area contributed by atoms with Crippen LogP contribution in [-0.2, 0) is 9.84 Å². The Kier molecular flexibility index (Phi) is 4.03. The van der Waals surface area contributed by atoms with Crippen molar-refractivity contribution in [2.75, 3.05) is 13.3 Å². The fraction of sp³-hybridized carbons (Fsp3) is 0.308. The number of thiazole rings is 1. The first-order valence-electron chi connectivity index (χ1n) is 5.85. The van der Waals surface area contributed by atoms with Gasteiger partial charge in [0.15, 0.2) is 9.84 Å². The van der Waals surface area contributed by atoms with Crippen LogP contribution < -0.4 is 5.32 Å². The van der Waals surface area contributed by atoms with E-state index < -0.39 is 9.84 Å². The number of aromatic nitrogens is 1. The molecule has 0 spiro atoms. The maximum absolute atomic E-state index is 11.4. The van der Waals surface area contributed by atoms with Gasteiger partial charge in [-0.15, -0.1) is 11.3 Å². The van der Waals surface area contributed by atoms with Crippen LogP contribution in [0.4, 0.5) is 0 Å². The Labute approximate surface area is 117 Å². The molecule has 2 rings (SSSR count). The second-order valence-electron chi connectivity index (χ2n) is 4.38. The molecule has 0 saturated carbocycles. The molecule has 1 unspecified atom stereocenters. The first-order valence-corrected chi connectivity index (χ1v) is 8.62. The molecule has 1 atom stereocenters. The van der Waals surface area contributed by atoms with Gasteiger partial charge in [-0.3, -0.25) is 0 Å². The third kappa shape index (κ3) is 3.20. The van der Waals surface area contributed by atoms with E-state index in [-0.39, 0.29) is 6.04 Å². The van der Waals surface area contributed by atoms with Crippen molar-refractivity contribution in [1.82, 2.24) is 10.3 Å². The summed E-state index contributed by atoms with van der Waals surface area (Å²) in [7, 11) is -1.25. The van der Waals surface area contributed by atoms with E-state index in [1.807, 2.05) is 12.4 Å². The Morgan fingerprint density at radius 3 is 2.42 bits per heavy atom. The number of rotatable bonds is 4. The molecule has 1 heterocycles. The standard InChI is InChI=1S/C13H16N2O2S2/c1-9(14-2)13-15-12(8-18-13)10-4-6-11(7-5-10)19(3,16)17/h4-9,14H,1-3H3. The molecule has 102 valence electrons. The molecule has 0 saturated heterocycles. The van der Waals surface area contributed by atoms with E-state index in [0.717, 1.165) is 16.3 Å². The Morgan fingerprint density at radius 1 is 1.26 bits per heavy atom. The van der Waals surface area contributed by atoms with Gasteiger partial charge in [-0.2, -0.15) is 0 Å². The van der Waals surface area contributed by atoms with Gasteiger partial charge in [-0.05, 0) is 26.1 Å². The average Bonchev–Trinajstić information content (AvgIpc) is 2.86. The predicted molar refractivity (Wildman–Crippen MR) is 78.1 cm³/mol. The van der Waals surface area contributed by atoms with Crippen LogP contribution in [0.2, 0.25) is 0 Å². The second-order valence-corrected chi connectivity index (χ2v) is 7.28. The number of nitrogens with zero attached hydrogens (tertiary/aromatic N) is 1. The van der Waals surface area contributed by atoms with Crippen LogP contribution in [0.5, 0.6) is 0 Å². The van der Waals surface area contributed by atoms with Gasteiger partial charge in [0.25, 0.3) is 0 Å². The molecule has 1 N–H and O–H groups in total. The minimum Gasteiger partial charge on any atom is -0.311 e. The highest BCUT2D eigenvalue weighted by Crippen LogP contribution is 2.26. The zero-order chi connectivity index (χ0) is 14.0. The molecule has 0 fully saturated rings. The fourth-order valence-electron chi connectivity index (χ4n) is 1.62. The van der Waals surface area contributed by atoms with E-state index in [1.165, 1.54) is 6.26 Å². The summed E-state index contributed by atoms with van der Waals surface area (Å²) in [6.07, 6.45) is 1.21. The quantitative estimate of drug-likeness (QED) is 0.941. The molecular formula is C13H16N2O2S2. The first kappa shape index (κ1) is 14.2. The van der Waals surface area contributed by atoms with Crippen LogP contribution in [0.15, 0.2) is 34.5 Å². The molecule has 19 heavy (non-hydrogen) atoms. The summed E-state index contributed by atoms with van der Waals surface area (Å²) in [6.45, 7) is 2.05. The van der Waals surface area contributed by atoms with Crippen molar-refractivity contribution in [2.45, 2.75) is 17.9 Å². The van der Waals surface area contributed by atoms with Crippen molar-refractivity contribution in [2.24, 2.45) is 0 Å². The Balaban J connectivity index is 2.30. The van der Waals surface area contributed by atoms with Crippen molar-refractivity contribution >= 4 is 21.2 Å². The molecule has 2 aromatic rings. The number of hydrogen-bond donors (Lipinski definition) is 1. The largest absolute Gasteiger partial charge is 0.311 e. The highest BCUT2D eigenvalue weighted by atomic mass is 32.2. The summed E-state index contributed by atoms with van der Waals surface area (Å²) in [5.74, 6) is 0. The summed E-state index contributed by atoms with van der Waals surface area (Å²) >= 11 is 1.59. The summed E-state index contributed by atoms with van der Waals surface area (Å²) in [5.41, 5.74) is 1.81. The molecule has 6 heteroatoms. The lowest BCUT2D eigenvalue weighted by Crippen LogP contribution is -2.11. The normalized spacial score (nSPS) is 13.4. The van der Waals surface area contributed by atoms with Crippen LogP contribution in [0.3, 0.4) is 0 Å². The average molecular weight is 296 g/mol. The number of benzene rings is 1. The first-order chi connectivity index (χ1) is 8.91. The van der Waals surface area contributed by atoms with Crippen molar-refractivity contribution in [3.05, 3.63) is 34.7 Å². The maximum atomic E-state index is 11.4. The number of sulfone groups is 1. The van der Waals surface area contributed by atoms with Crippen LogP contribution in [0.25, 0.3) is 11.3 Å². The molecule has 0 radical (unpaired) electrons. The van der Waals surface area contributed by atoms with E-state index in [0.29, 0.717) is 4.90 Å². The summed E-state index contributed by atoms with van der Waals surface area (Å²) in [5, 5.41) is 6.15. The molecular weight excluding hydrogens is 280 g/mol. The third-order valence-electron chi connectivity index (χ3n) is 2.90. The lowest BCUT2D eigenvalue weighted by molar-refractivity contribution is 0.602. The molecule has 0 aliphatic heterocycles. The lowest BCUT2D eigenvalue weighted by atomic mass is 10.2. The van der Waals surface area contributed by atoms with Crippen LogP contribution in [0.1, 0.15) is 18.0 Å². The third-order valence-corrected chi connectivity index (χ3v) is 5.06. The van der Waals surface area contributed by atoms with Crippen molar-refractivity contribution in [3.8, 4) is 11.3 Å². The minimum absolute atomic E-state index is 0.217. The van der Waals surface area contributed by atoms with Crippen molar-refractivity contribution in [3.63, 3.8) is 0 Å². The van der Waals surface area contributed by atoms with Gasteiger partial charge in [0, 0.05) is 17.2 Å². The molecule has 0 bridgehead atoms. The minimum atomic E-state index is -3.14. The van der Waals surface area contributed by atoms with Crippen molar-refractivity contribution < 1.29 is 8.42 Å². The highest BCUT2D eigenvalue weighted by Gasteiger charge is 2.11. The van der Waals surface area contributed by atoms with Crippen molar-refractivity contribution in [1.29, 1.82) is 0 Å². The SMILES string of the molecule is CNC(C)c1nc(-c2ccc(S(C)(=O)=O)cc2)cs1. The summed E-state index contributed by atoms with van der Waals surface area (Å²) in [4.78, 5) is 4.88. The fourth-order valence-corrected chi connectivity index (χ4v) is 3.14. The van der Waals surface area contributed by atoms with Crippen LogP contribution >= 0.6 is 11.3 Å². The van der Waals surface area contributed by atoms with E-state index in [9.17, 15) is 8.42 Å². The van der Waals surface area contributed by atoms with E-state index in [2.05, 4.69) is 17.2 Å². The zero-order valence-electron chi connectivity index (χ0n) is 11.0. The number of nitrogens with one attached hydrogen (secondary N) is 1. The molecule has 4 nitrogen and oxygen atoms in total. The molecule has 0 aliphatic rings. The topological polar surface area (TPSA) is 59.1 Å². The summed E-state index contributed by atoms with van der Waals surface area (Å²) in [6, 6.07) is 7.03. The van der Waals surface area contributed by atoms with Gasteiger partial charge in [0.2, 0.25) is 0 Å². The van der Waals surface area contributed by atoms with Gasteiger partial charge in [-0.25, -0.2) is 13.4 Å². The van der Waals surface area contributed by atoms with Crippen LogP contribution in [-0.4, -0.2) is 26.7 Å². The second kappa shape index (κ2) is 5.40. The van der Waals surface area contributed by atoms with Gasteiger partial charge in [-0.1, -0.05) is 12.1 Å². The Bertz CT molecular complexity index is 660. The van der Waals surface area contributed by atoms with Gasteiger partial charge >= 0.3 is 0 Å². The van der Waals surface area contributed by atoms with E-state index in [4.69, 9.17) is 0 Å². The van der Waals surface area contributed by atoms with E-state index in [1.54, 1.807) is 35.6 Å².